The molecule has 1 aromatic carbocycles. The molecule has 1 aromatic rings. The Morgan fingerprint density at radius 1 is 1.50 bits per heavy atom. The highest BCUT2D eigenvalue weighted by atomic mass is 35.7. The summed E-state index contributed by atoms with van der Waals surface area (Å²) in [6, 6.07) is 4.15. The van der Waals surface area contributed by atoms with Gasteiger partial charge in [-0.3, -0.25) is 4.79 Å². The van der Waals surface area contributed by atoms with Crippen molar-refractivity contribution in [1.82, 2.24) is 5.32 Å². The molecule has 0 unspecified atom stereocenters. The molecule has 0 bridgehead atoms. The summed E-state index contributed by atoms with van der Waals surface area (Å²) in [5.41, 5.74) is 0.996. The monoisotopic (exact) mass is 287 g/mol. The predicted octanol–water partition coefficient (Wildman–Crippen LogP) is 2.23. The first-order valence-electron chi connectivity index (χ1n) is 5.30. The molecule has 0 fully saturated rings. The van der Waals surface area contributed by atoms with Gasteiger partial charge in [0, 0.05) is 22.8 Å². The summed E-state index contributed by atoms with van der Waals surface area (Å²) in [5.74, 6) is -0.243. The summed E-state index contributed by atoms with van der Waals surface area (Å²) in [5, 5.41) is 2.71. The van der Waals surface area contributed by atoms with Gasteiger partial charge >= 0.3 is 0 Å². The summed E-state index contributed by atoms with van der Waals surface area (Å²) >= 11 is 0. The fourth-order valence-electron chi connectivity index (χ4n) is 1.43. The number of benzene rings is 1. The van der Waals surface area contributed by atoms with Crippen molar-refractivity contribution in [2.75, 3.05) is 6.54 Å². The lowest BCUT2D eigenvalue weighted by atomic mass is 10.1. The summed E-state index contributed by atoms with van der Waals surface area (Å²) in [4.78, 5) is 11.8. The lowest BCUT2D eigenvalue weighted by molar-refractivity contribution is 0.0953. The third kappa shape index (κ3) is 3.85. The third-order valence-electron chi connectivity index (χ3n) is 2.36. The zero-order valence-electron chi connectivity index (χ0n) is 9.94. The first kappa shape index (κ1) is 14.7. The van der Waals surface area contributed by atoms with Crippen molar-refractivity contribution < 1.29 is 13.2 Å². The highest BCUT2D eigenvalue weighted by Gasteiger charge is 2.14. The van der Waals surface area contributed by atoms with Crippen LogP contribution in [0.15, 0.2) is 35.7 Å². The van der Waals surface area contributed by atoms with Crippen molar-refractivity contribution in [1.29, 1.82) is 0 Å². The van der Waals surface area contributed by atoms with E-state index in [1.165, 1.54) is 18.2 Å². The minimum absolute atomic E-state index is 0.00990. The molecule has 0 aliphatic carbocycles. The Labute approximate surface area is 111 Å². The molecule has 0 saturated heterocycles. The lowest BCUT2D eigenvalue weighted by Crippen LogP contribution is -2.24. The van der Waals surface area contributed by atoms with E-state index < -0.39 is 9.05 Å². The minimum atomic E-state index is -3.76. The molecule has 18 heavy (non-hydrogen) atoms. The molecule has 1 amide bonds. The van der Waals surface area contributed by atoms with Crippen molar-refractivity contribution >= 4 is 25.6 Å². The van der Waals surface area contributed by atoms with E-state index in [1.807, 2.05) is 0 Å². The van der Waals surface area contributed by atoms with Crippen LogP contribution in [0.4, 0.5) is 0 Å². The highest BCUT2D eigenvalue weighted by Crippen LogP contribution is 2.18. The van der Waals surface area contributed by atoms with Crippen molar-refractivity contribution in [3.05, 3.63) is 42.0 Å². The van der Waals surface area contributed by atoms with E-state index in [2.05, 4.69) is 11.9 Å². The Kier molecular flexibility index (Phi) is 4.93. The number of hydrogen-bond acceptors (Lipinski definition) is 3. The third-order valence-corrected chi connectivity index (χ3v) is 3.71. The topological polar surface area (TPSA) is 63.2 Å². The van der Waals surface area contributed by atoms with Crippen molar-refractivity contribution in [3.8, 4) is 0 Å². The van der Waals surface area contributed by atoms with Gasteiger partial charge in [0.1, 0.15) is 0 Å². The summed E-state index contributed by atoms with van der Waals surface area (Å²) in [7, 11) is 1.46. The second kappa shape index (κ2) is 6.02. The fourth-order valence-corrected chi connectivity index (χ4v) is 2.26. The predicted molar refractivity (Wildman–Crippen MR) is 71.4 cm³/mol. The number of halogens is 1. The SMILES string of the molecule is C=CCCNC(=O)c1ccc(S(=O)(=O)Cl)cc1C. The lowest BCUT2D eigenvalue weighted by Gasteiger charge is -2.07. The second-order valence-corrected chi connectivity index (χ2v) is 6.31. The Morgan fingerprint density at radius 3 is 2.67 bits per heavy atom. The molecule has 1 N–H and O–H groups in total. The molecule has 0 heterocycles. The van der Waals surface area contributed by atoms with Crippen molar-refractivity contribution in [2.45, 2.75) is 18.2 Å². The number of aryl methyl sites for hydroxylation is 1. The zero-order chi connectivity index (χ0) is 13.8. The number of carbonyl (C=O) groups excluding carboxylic acids is 1. The van der Waals surface area contributed by atoms with Crippen LogP contribution in [-0.2, 0) is 9.05 Å². The quantitative estimate of drug-likeness (QED) is 0.513. The van der Waals surface area contributed by atoms with Crippen LogP contribution in [0, 0.1) is 6.92 Å². The minimum Gasteiger partial charge on any atom is -0.352 e. The molecule has 6 heteroatoms. The van der Waals surface area contributed by atoms with Gasteiger partial charge in [-0.2, -0.15) is 0 Å². The molecule has 0 radical (unpaired) electrons. The maximum absolute atomic E-state index is 11.8. The van der Waals surface area contributed by atoms with E-state index in [9.17, 15) is 13.2 Å². The standard InChI is InChI=1S/C12H14ClNO3S/c1-3-4-7-14-12(15)11-6-5-10(8-9(11)2)18(13,16)17/h3,5-6,8H,1,4,7H2,2H3,(H,14,15). The second-order valence-electron chi connectivity index (χ2n) is 3.75. The van der Waals surface area contributed by atoms with Crippen LogP contribution in [0.1, 0.15) is 22.3 Å². The van der Waals surface area contributed by atoms with Gasteiger partial charge in [0.25, 0.3) is 15.0 Å². The Balaban J connectivity index is 2.92. The molecule has 0 atom stereocenters. The van der Waals surface area contributed by atoms with Crippen LogP contribution in [0.5, 0.6) is 0 Å². The highest BCUT2D eigenvalue weighted by molar-refractivity contribution is 8.13. The van der Waals surface area contributed by atoms with Crippen LogP contribution in [0.3, 0.4) is 0 Å². The fraction of sp³-hybridized carbons (Fsp3) is 0.250. The first-order valence-corrected chi connectivity index (χ1v) is 7.61. The molecule has 1 rings (SSSR count). The van der Waals surface area contributed by atoms with Gasteiger partial charge in [0.05, 0.1) is 4.90 Å². The van der Waals surface area contributed by atoms with Crippen LogP contribution >= 0.6 is 10.7 Å². The maximum atomic E-state index is 11.8. The molecule has 0 aliphatic rings. The van der Waals surface area contributed by atoms with Crippen LogP contribution in [-0.4, -0.2) is 20.9 Å². The van der Waals surface area contributed by atoms with Crippen molar-refractivity contribution in [3.63, 3.8) is 0 Å². The molecule has 98 valence electrons. The van der Waals surface area contributed by atoms with Crippen LogP contribution < -0.4 is 5.32 Å². The van der Waals surface area contributed by atoms with Gasteiger partial charge in [-0.15, -0.1) is 6.58 Å². The first-order chi connectivity index (χ1) is 8.36. The summed E-state index contributed by atoms with van der Waals surface area (Å²) < 4.78 is 22.3. The van der Waals surface area contributed by atoms with E-state index in [4.69, 9.17) is 10.7 Å². The average molecular weight is 288 g/mol. The van der Waals surface area contributed by atoms with E-state index >= 15 is 0 Å². The molecule has 0 saturated carbocycles. The van der Waals surface area contributed by atoms with Crippen LogP contribution in [0.25, 0.3) is 0 Å². The Bertz CT molecular complexity index is 567. The number of amides is 1. The number of rotatable bonds is 5. The number of carbonyl (C=O) groups is 1. The van der Waals surface area contributed by atoms with Crippen molar-refractivity contribution in [2.24, 2.45) is 0 Å². The summed E-state index contributed by atoms with van der Waals surface area (Å²) in [6.45, 7) is 5.71. The maximum Gasteiger partial charge on any atom is 0.261 e. The molecule has 0 aromatic heterocycles. The van der Waals surface area contributed by atoms with Gasteiger partial charge in [-0.25, -0.2) is 8.42 Å². The largest absolute Gasteiger partial charge is 0.352 e. The molecule has 0 spiro atoms. The zero-order valence-corrected chi connectivity index (χ0v) is 11.5. The van der Waals surface area contributed by atoms with Gasteiger partial charge in [-0.05, 0) is 37.1 Å². The van der Waals surface area contributed by atoms with Gasteiger partial charge in [-0.1, -0.05) is 6.08 Å². The van der Waals surface area contributed by atoms with E-state index in [-0.39, 0.29) is 10.8 Å². The molecular formula is C12H14ClNO3S. The Hall–Kier alpha value is -1.33. The number of nitrogens with one attached hydrogen (secondary N) is 1. The molecule has 4 nitrogen and oxygen atoms in total. The Morgan fingerprint density at radius 2 is 2.17 bits per heavy atom. The molecular weight excluding hydrogens is 274 g/mol. The number of hydrogen-bond donors (Lipinski definition) is 1. The molecule has 0 aliphatic heterocycles. The van der Waals surface area contributed by atoms with E-state index in [0.717, 1.165) is 0 Å². The summed E-state index contributed by atoms with van der Waals surface area (Å²) in [6.07, 6.45) is 2.38. The van der Waals surface area contributed by atoms with Gasteiger partial charge in [0.15, 0.2) is 0 Å². The normalized spacial score (nSPS) is 11.0. The van der Waals surface area contributed by atoms with E-state index in [1.54, 1.807) is 13.0 Å². The van der Waals surface area contributed by atoms with Gasteiger partial charge in [0.2, 0.25) is 0 Å². The van der Waals surface area contributed by atoms with E-state index in [0.29, 0.717) is 24.1 Å². The van der Waals surface area contributed by atoms with Gasteiger partial charge < -0.3 is 5.32 Å². The average Bonchev–Trinajstić information content (AvgIpc) is 2.27. The smallest absolute Gasteiger partial charge is 0.261 e. The van der Waals surface area contributed by atoms with Crippen LogP contribution in [0.2, 0.25) is 0 Å².